The standard InChI is InChI=1S/C26H30ClFN2O4/c1-16(13-24(33)34)12-23(32)25-20-14-18(27)15-29-26(20)30(2)21(25)6-4-3-5-7-22(31)17-8-10-19(28)11-9-17/h8-11,14-16,22,31H,3-7,12-13H2,1-2H3,(H,33,34). The maximum atomic E-state index is 13.2. The number of aryl methyl sites for hydroxylation is 1. The minimum Gasteiger partial charge on any atom is -0.481 e. The highest BCUT2D eigenvalue weighted by Gasteiger charge is 2.24. The number of pyridine rings is 1. The van der Waals surface area contributed by atoms with Gasteiger partial charge in [0.25, 0.3) is 0 Å². The Balaban J connectivity index is 1.69. The molecular weight excluding hydrogens is 459 g/mol. The predicted molar refractivity (Wildman–Crippen MR) is 130 cm³/mol. The summed E-state index contributed by atoms with van der Waals surface area (Å²) in [6.07, 6.45) is 4.61. The number of carboxylic acids is 1. The summed E-state index contributed by atoms with van der Waals surface area (Å²) in [7, 11) is 1.87. The molecule has 2 atom stereocenters. The number of rotatable bonds is 12. The first kappa shape index (κ1) is 25.8. The summed E-state index contributed by atoms with van der Waals surface area (Å²) in [5.41, 5.74) is 2.79. The monoisotopic (exact) mass is 488 g/mol. The number of unbranched alkanes of at least 4 members (excludes halogenated alkanes) is 2. The van der Waals surface area contributed by atoms with Gasteiger partial charge in [-0.15, -0.1) is 0 Å². The Hall–Kier alpha value is -2.77. The molecule has 2 heterocycles. The third-order valence-electron chi connectivity index (χ3n) is 6.10. The Bertz CT molecular complexity index is 1160. The maximum absolute atomic E-state index is 13.2. The molecule has 0 aliphatic heterocycles. The average Bonchev–Trinajstić information content (AvgIpc) is 3.04. The molecule has 3 aromatic rings. The van der Waals surface area contributed by atoms with E-state index in [-0.39, 0.29) is 30.4 Å². The van der Waals surface area contributed by atoms with Crippen molar-refractivity contribution >= 4 is 34.4 Å². The van der Waals surface area contributed by atoms with Crippen LogP contribution >= 0.6 is 11.6 Å². The fourth-order valence-corrected chi connectivity index (χ4v) is 4.54. The second-order valence-electron chi connectivity index (χ2n) is 8.90. The van der Waals surface area contributed by atoms with E-state index in [0.717, 1.165) is 25.0 Å². The van der Waals surface area contributed by atoms with Gasteiger partial charge >= 0.3 is 5.97 Å². The first-order valence-electron chi connectivity index (χ1n) is 11.5. The molecule has 0 aliphatic rings. The van der Waals surface area contributed by atoms with E-state index in [1.807, 2.05) is 11.6 Å². The topological polar surface area (TPSA) is 92.4 Å². The number of aliphatic carboxylic acids is 1. The van der Waals surface area contributed by atoms with Crippen LogP contribution in [0.15, 0.2) is 36.5 Å². The number of hydrogen-bond donors (Lipinski definition) is 2. The Morgan fingerprint density at radius 2 is 1.85 bits per heavy atom. The van der Waals surface area contributed by atoms with E-state index in [4.69, 9.17) is 16.7 Å². The molecule has 182 valence electrons. The van der Waals surface area contributed by atoms with Crippen molar-refractivity contribution in [2.75, 3.05) is 0 Å². The maximum Gasteiger partial charge on any atom is 0.303 e. The minimum absolute atomic E-state index is 0.0682. The molecule has 6 nitrogen and oxygen atoms in total. The SMILES string of the molecule is CC(CC(=O)O)CC(=O)c1c(CCCCCC(O)c2ccc(F)cc2)n(C)c2ncc(Cl)cc12. The predicted octanol–water partition coefficient (Wildman–Crippen LogP) is 5.89. The molecule has 2 unspecified atom stereocenters. The molecule has 0 amide bonds. The van der Waals surface area contributed by atoms with Gasteiger partial charge in [-0.05, 0) is 48.9 Å². The molecule has 2 N–H and O–H groups in total. The lowest BCUT2D eigenvalue weighted by molar-refractivity contribution is -0.137. The van der Waals surface area contributed by atoms with Crippen molar-refractivity contribution in [1.82, 2.24) is 9.55 Å². The van der Waals surface area contributed by atoms with Gasteiger partial charge in [0.2, 0.25) is 0 Å². The van der Waals surface area contributed by atoms with Crippen LogP contribution in [0.3, 0.4) is 0 Å². The van der Waals surface area contributed by atoms with Crippen molar-refractivity contribution in [2.45, 2.75) is 58.0 Å². The van der Waals surface area contributed by atoms with Gasteiger partial charge in [0.15, 0.2) is 5.78 Å². The zero-order valence-corrected chi connectivity index (χ0v) is 20.2. The molecule has 0 saturated carbocycles. The molecular formula is C26H30ClFN2O4. The number of hydrogen-bond acceptors (Lipinski definition) is 4. The van der Waals surface area contributed by atoms with Crippen LogP contribution in [0.25, 0.3) is 11.0 Å². The number of nitrogens with zero attached hydrogens (tertiary/aromatic N) is 2. The van der Waals surface area contributed by atoms with E-state index in [2.05, 4.69) is 4.98 Å². The molecule has 1 aromatic carbocycles. The largest absolute Gasteiger partial charge is 0.481 e. The lowest BCUT2D eigenvalue weighted by Gasteiger charge is -2.12. The van der Waals surface area contributed by atoms with Gasteiger partial charge in [-0.1, -0.05) is 43.5 Å². The van der Waals surface area contributed by atoms with Crippen LogP contribution < -0.4 is 0 Å². The fourth-order valence-electron chi connectivity index (χ4n) is 4.39. The summed E-state index contributed by atoms with van der Waals surface area (Å²) in [4.78, 5) is 28.7. The van der Waals surface area contributed by atoms with E-state index < -0.39 is 12.1 Å². The zero-order chi connectivity index (χ0) is 24.8. The molecule has 0 spiro atoms. The number of aromatic nitrogens is 2. The number of halogens is 2. The first-order chi connectivity index (χ1) is 16.2. The van der Waals surface area contributed by atoms with Gasteiger partial charge in [0.1, 0.15) is 11.5 Å². The van der Waals surface area contributed by atoms with Crippen molar-refractivity contribution in [1.29, 1.82) is 0 Å². The lowest BCUT2D eigenvalue weighted by atomic mass is 9.94. The highest BCUT2D eigenvalue weighted by molar-refractivity contribution is 6.31. The van der Waals surface area contributed by atoms with Crippen LogP contribution in [0.4, 0.5) is 4.39 Å². The third-order valence-corrected chi connectivity index (χ3v) is 6.30. The summed E-state index contributed by atoms with van der Waals surface area (Å²) < 4.78 is 15.0. The van der Waals surface area contributed by atoms with Gasteiger partial charge in [-0.2, -0.15) is 0 Å². The van der Waals surface area contributed by atoms with Crippen molar-refractivity contribution in [2.24, 2.45) is 13.0 Å². The molecule has 0 aliphatic carbocycles. The smallest absolute Gasteiger partial charge is 0.303 e. The molecule has 2 aromatic heterocycles. The number of aliphatic hydroxyl groups is 1. The quantitative estimate of drug-likeness (QED) is 0.245. The number of Topliss-reactive ketones (excluding diaryl/α,β-unsaturated/α-hetero) is 1. The Morgan fingerprint density at radius 3 is 2.53 bits per heavy atom. The minimum atomic E-state index is -0.925. The number of carbonyl (C=O) groups excluding carboxylic acids is 1. The van der Waals surface area contributed by atoms with Gasteiger partial charge in [-0.25, -0.2) is 9.37 Å². The second kappa shape index (κ2) is 11.6. The fraction of sp³-hybridized carbons (Fsp3) is 0.423. The highest BCUT2D eigenvalue weighted by atomic mass is 35.5. The molecule has 0 fully saturated rings. The van der Waals surface area contributed by atoms with Crippen LogP contribution in [0.5, 0.6) is 0 Å². The van der Waals surface area contributed by atoms with Crippen molar-refractivity contribution in [3.8, 4) is 0 Å². The average molecular weight is 489 g/mol. The van der Waals surface area contributed by atoms with E-state index in [0.29, 0.717) is 40.0 Å². The normalized spacial score (nSPS) is 13.2. The highest BCUT2D eigenvalue weighted by Crippen LogP contribution is 2.30. The summed E-state index contributed by atoms with van der Waals surface area (Å²) in [5.74, 6) is -1.64. The third kappa shape index (κ3) is 6.42. The lowest BCUT2D eigenvalue weighted by Crippen LogP contribution is -2.12. The number of carbonyl (C=O) groups is 2. The summed E-state index contributed by atoms with van der Waals surface area (Å²) in [6.45, 7) is 1.76. The first-order valence-corrected chi connectivity index (χ1v) is 11.9. The molecule has 0 radical (unpaired) electrons. The van der Waals surface area contributed by atoms with E-state index in [1.165, 1.54) is 12.1 Å². The Labute approximate surface area is 203 Å². The van der Waals surface area contributed by atoms with Gasteiger partial charge in [-0.3, -0.25) is 9.59 Å². The molecule has 0 bridgehead atoms. The molecule has 8 heteroatoms. The van der Waals surface area contributed by atoms with E-state index in [9.17, 15) is 19.1 Å². The second-order valence-corrected chi connectivity index (χ2v) is 9.34. The van der Waals surface area contributed by atoms with Crippen LogP contribution in [0, 0.1) is 11.7 Å². The van der Waals surface area contributed by atoms with Gasteiger partial charge in [0.05, 0.1) is 11.1 Å². The number of aliphatic hydroxyl groups excluding tert-OH is 1. The summed E-state index contributed by atoms with van der Waals surface area (Å²) >= 11 is 6.16. The van der Waals surface area contributed by atoms with Gasteiger partial charge in [0, 0.05) is 42.7 Å². The molecule has 0 saturated heterocycles. The molecule has 3 rings (SSSR count). The van der Waals surface area contributed by atoms with Crippen LogP contribution in [-0.4, -0.2) is 31.5 Å². The van der Waals surface area contributed by atoms with E-state index >= 15 is 0 Å². The summed E-state index contributed by atoms with van der Waals surface area (Å²) in [5, 5.41) is 20.5. The Morgan fingerprint density at radius 1 is 1.15 bits per heavy atom. The van der Waals surface area contributed by atoms with Gasteiger partial charge < -0.3 is 14.8 Å². The van der Waals surface area contributed by atoms with E-state index in [1.54, 1.807) is 31.3 Å². The van der Waals surface area contributed by atoms with Crippen molar-refractivity contribution in [3.63, 3.8) is 0 Å². The van der Waals surface area contributed by atoms with Crippen molar-refractivity contribution in [3.05, 3.63) is 64.2 Å². The molecule has 34 heavy (non-hydrogen) atoms. The number of benzene rings is 1. The summed E-state index contributed by atoms with van der Waals surface area (Å²) in [6, 6.07) is 7.61. The van der Waals surface area contributed by atoms with Crippen LogP contribution in [0.2, 0.25) is 5.02 Å². The number of carboxylic acid groups (broad SMARTS) is 1. The van der Waals surface area contributed by atoms with Crippen LogP contribution in [-0.2, 0) is 18.3 Å². The zero-order valence-electron chi connectivity index (χ0n) is 19.4. The number of ketones is 1. The van der Waals surface area contributed by atoms with Crippen LogP contribution in [0.1, 0.15) is 73.2 Å². The Kier molecular flexibility index (Phi) is 8.80. The number of fused-ring (bicyclic) bond motifs is 1. The van der Waals surface area contributed by atoms with Crippen molar-refractivity contribution < 1.29 is 24.2 Å².